The van der Waals surface area contributed by atoms with Crippen molar-refractivity contribution < 1.29 is 9.00 Å². The molecular formula is C16H26N2O2S2. The van der Waals surface area contributed by atoms with E-state index in [0.29, 0.717) is 12.3 Å². The second-order valence-corrected chi connectivity index (χ2v) is 8.78. The first-order valence-corrected chi connectivity index (χ1v) is 10.3. The van der Waals surface area contributed by atoms with Gasteiger partial charge in [-0.2, -0.15) is 0 Å². The molecule has 1 saturated carbocycles. The molecule has 0 saturated heterocycles. The third kappa shape index (κ3) is 4.81. The number of hydrogen-bond acceptors (Lipinski definition) is 3. The first-order chi connectivity index (χ1) is 10.6. The molecule has 0 radical (unpaired) electrons. The molecule has 1 fully saturated rings. The van der Waals surface area contributed by atoms with Crippen LogP contribution < -0.4 is 5.32 Å². The Morgan fingerprint density at radius 1 is 1.45 bits per heavy atom. The number of amides is 2. The van der Waals surface area contributed by atoms with Crippen LogP contribution in [0.5, 0.6) is 0 Å². The number of urea groups is 1. The summed E-state index contributed by atoms with van der Waals surface area (Å²) in [6.45, 7) is 2.66. The van der Waals surface area contributed by atoms with E-state index in [9.17, 15) is 9.00 Å². The summed E-state index contributed by atoms with van der Waals surface area (Å²) >= 11 is 1.72. The number of carbonyl (C=O) groups is 1. The monoisotopic (exact) mass is 342 g/mol. The summed E-state index contributed by atoms with van der Waals surface area (Å²) in [5.74, 6) is 0.672. The van der Waals surface area contributed by atoms with Crippen molar-refractivity contribution in [2.45, 2.75) is 50.3 Å². The first kappa shape index (κ1) is 17.5. The first-order valence-electron chi connectivity index (χ1n) is 8.03. The van der Waals surface area contributed by atoms with Gasteiger partial charge in [-0.15, -0.1) is 11.3 Å². The molecule has 0 spiro atoms. The lowest BCUT2D eigenvalue weighted by molar-refractivity contribution is 0.201. The van der Waals surface area contributed by atoms with Crippen molar-refractivity contribution in [1.82, 2.24) is 10.2 Å². The minimum Gasteiger partial charge on any atom is -0.334 e. The molecule has 1 aromatic rings. The Morgan fingerprint density at radius 2 is 2.23 bits per heavy atom. The Hall–Kier alpha value is -0.880. The van der Waals surface area contributed by atoms with Crippen molar-refractivity contribution in [2.75, 3.05) is 19.3 Å². The van der Waals surface area contributed by atoms with Crippen molar-refractivity contribution in [3.8, 4) is 0 Å². The van der Waals surface area contributed by atoms with Gasteiger partial charge >= 0.3 is 6.03 Å². The Balaban J connectivity index is 1.84. The molecule has 1 aromatic heterocycles. The van der Waals surface area contributed by atoms with Crippen LogP contribution >= 0.6 is 11.3 Å². The molecule has 1 aliphatic carbocycles. The highest BCUT2D eigenvalue weighted by Gasteiger charge is 2.30. The maximum atomic E-state index is 12.3. The number of likely N-dealkylation sites (N-methyl/N-ethyl adjacent to an activating group) is 1. The smallest absolute Gasteiger partial charge is 0.317 e. The number of thiophene rings is 1. The van der Waals surface area contributed by atoms with Crippen molar-refractivity contribution in [1.29, 1.82) is 0 Å². The van der Waals surface area contributed by atoms with Crippen LogP contribution in [0.4, 0.5) is 4.79 Å². The van der Waals surface area contributed by atoms with Gasteiger partial charge in [-0.25, -0.2) is 4.79 Å². The summed E-state index contributed by atoms with van der Waals surface area (Å²) in [5.41, 5.74) is 0. The second kappa shape index (κ2) is 8.67. The van der Waals surface area contributed by atoms with Crippen LogP contribution in [-0.2, 0) is 17.2 Å². The van der Waals surface area contributed by atoms with E-state index < -0.39 is 10.8 Å². The minimum atomic E-state index is -0.833. The minimum absolute atomic E-state index is 0.0402. The predicted octanol–water partition coefficient (Wildman–Crippen LogP) is 3.01. The highest BCUT2D eigenvalue weighted by Crippen LogP contribution is 2.23. The van der Waals surface area contributed by atoms with Gasteiger partial charge in [0, 0.05) is 41.1 Å². The fourth-order valence-corrected chi connectivity index (χ4v) is 5.02. The topological polar surface area (TPSA) is 49.4 Å². The molecule has 0 bridgehead atoms. The molecule has 4 nitrogen and oxygen atoms in total. The summed E-state index contributed by atoms with van der Waals surface area (Å²) in [4.78, 5) is 15.4. The highest BCUT2D eigenvalue weighted by atomic mass is 32.2. The standard InChI is InChI=1S/C16H26N2O2S2/c1-3-22(20)15-9-5-4-8-14(15)17-16(19)18(2)11-10-13-7-6-12-21-13/h6-7,12,14-15H,3-5,8-11H2,1-2H3,(H,17,19)/t14-,15+,22+/m0/s1. The zero-order valence-corrected chi connectivity index (χ0v) is 15.0. The lowest BCUT2D eigenvalue weighted by Crippen LogP contribution is -2.51. The van der Waals surface area contributed by atoms with E-state index in [1.165, 1.54) is 4.88 Å². The number of carbonyl (C=O) groups excluding carboxylic acids is 1. The molecule has 2 rings (SSSR count). The average Bonchev–Trinajstić information content (AvgIpc) is 3.05. The zero-order valence-electron chi connectivity index (χ0n) is 13.4. The van der Waals surface area contributed by atoms with E-state index in [1.54, 1.807) is 16.2 Å². The number of hydrogen-bond donors (Lipinski definition) is 1. The van der Waals surface area contributed by atoms with Gasteiger partial charge in [0.2, 0.25) is 0 Å². The van der Waals surface area contributed by atoms with E-state index in [2.05, 4.69) is 16.8 Å². The quantitative estimate of drug-likeness (QED) is 0.864. The summed E-state index contributed by atoms with van der Waals surface area (Å²) < 4.78 is 12.2. The molecule has 2 amide bonds. The van der Waals surface area contributed by atoms with E-state index in [1.807, 2.05) is 20.0 Å². The van der Waals surface area contributed by atoms with Gasteiger partial charge in [0.05, 0.1) is 5.25 Å². The summed E-state index contributed by atoms with van der Waals surface area (Å²) in [6, 6.07) is 4.15. The maximum Gasteiger partial charge on any atom is 0.317 e. The Labute approximate surface area is 139 Å². The van der Waals surface area contributed by atoms with Crippen LogP contribution in [0.1, 0.15) is 37.5 Å². The number of rotatable bonds is 6. The van der Waals surface area contributed by atoms with Gasteiger partial charge in [-0.3, -0.25) is 4.21 Å². The van der Waals surface area contributed by atoms with Crippen LogP contribution in [0.25, 0.3) is 0 Å². The zero-order chi connectivity index (χ0) is 15.9. The number of nitrogens with one attached hydrogen (secondary N) is 1. The molecule has 3 atom stereocenters. The van der Waals surface area contributed by atoms with Crippen LogP contribution in [0.3, 0.4) is 0 Å². The van der Waals surface area contributed by atoms with Crippen LogP contribution in [0.2, 0.25) is 0 Å². The van der Waals surface area contributed by atoms with Gasteiger partial charge in [0.25, 0.3) is 0 Å². The molecule has 1 N–H and O–H groups in total. The van der Waals surface area contributed by atoms with E-state index in [0.717, 1.165) is 32.1 Å². The van der Waals surface area contributed by atoms with Crippen LogP contribution in [-0.4, -0.2) is 45.8 Å². The molecule has 1 aliphatic rings. The van der Waals surface area contributed by atoms with Crippen LogP contribution in [0, 0.1) is 0 Å². The van der Waals surface area contributed by atoms with E-state index in [-0.39, 0.29) is 17.3 Å². The molecule has 6 heteroatoms. The Morgan fingerprint density at radius 3 is 2.91 bits per heavy atom. The van der Waals surface area contributed by atoms with Gasteiger partial charge in [0.15, 0.2) is 0 Å². The van der Waals surface area contributed by atoms with Gasteiger partial charge < -0.3 is 10.2 Å². The summed E-state index contributed by atoms with van der Waals surface area (Å²) in [5, 5.41) is 5.29. The molecule has 0 aromatic carbocycles. The van der Waals surface area contributed by atoms with Gasteiger partial charge in [0.1, 0.15) is 0 Å². The molecule has 0 aliphatic heterocycles. The Bertz CT molecular complexity index is 490. The summed E-state index contributed by atoms with van der Waals surface area (Å²) in [6.07, 6.45) is 5.03. The second-order valence-electron chi connectivity index (χ2n) is 5.80. The summed E-state index contributed by atoms with van der Waals surface area (Å²) in [7, 11) is 0.998. The average molecular weight is 343 g/mol. The maximum absolute atomic E-state index is 12.3. The van der Waals surface area contributed by atoms with Crippen molar-refractivity contribution in [3.05, 3.63) is 22.4 Å². The lowest BCUT2D eigenvalue weighted by Gasteiger charge is -2.32. The van der Waals surface area contributed by atoms with Crippen LogP contribution in [0.15, 0.2) is 17.5 Å². The number of nitrogens with zero attached hydrogens (tertiary/aromatic N) is 1. The molecule has 124 valence electrons. The molecule has 22 heavy (non-hydrogen) atoms. The van der Waals surface area contributed by atoms with Gasteiger partial charge in [-0.1, -0.05) is 25.8 Å². The normalized spacial score (nSPS) is 23.0. The van der Waals surface area contributed by atoms with Crippen molar-refractivity contribution in [3.63, 3.8) is 0 Å². The fraction of sp³-hybridized carbons (Fsp3) is 0.688. The molecular weight excluding hydrogens is 316 g/mol. The van der Waals surface area contributed by atoms with Crippen molar-refractivity contribution >= 4 is 28.2 Å². The Kier molecular flexibility index (Phi) is 6.89. The third-order valence-electron chi connectivity index (χ3n) is 4.25. The van der Waals surface area contributed by atoms with Crippen molar-refractivity contribution in [2.24, 2.45) is 0 Å². The largest absolute Gasteiger partial charge is 0.334 e. The fourth-order valence-electron chi connectivity index (χ4n) is 2.89. The third-order valence-corrected chi connectivity index (χ3v) is 7.00. The predicted molar refractivity (Wildman–Crippen MR) is 93.9 cm³/mol. The highest BCUT2D eigenvalue weighted by molar-refractivity contribution is 7.85. The van der Waals surface area contributed by atoms with Gasteiger partial charge in [-0.05, 0) is 30.7 Å². The van der Waals surface area contributed by atoms with E-state index in [4.69, 9.17) is 0 Å². The molecule has 1 heterocycles. The molecule has 0 unspecified atom stereocenters. The lowest BCUT2D eigenvalue weighted by atomic mass is 9.95. The SMILES string of the molecule is CC[S@@](=O)[C@@H]1CCCC[C@@H]1NC(=O)N(C)CCc1cccs1. The van der Waals surface area contributed by atoms with E-state index >= 15 is 0 Å².